The van der Waals surface area contributed by atoms with Gasteiger partial charge in [0, 0.05) is 33.1 Å². The van der Waals surface area contributed by atoms with Crippen LogP contribution >= 0.6 is 0 Å². The van der Waals surface area contributed by atoms with Crippen molar-refractivity contribution in [2.45, 2.75) is 98.2 Å². The summed E-state index contributed by atoms with van der Waals surface area (Å²) >= 11 is 0. The third-order valence-corrected chi connectivity index (χ3v) is 7.92. The Morgan fingerprint density at radius 3 is 2.06 bits per heavy atom. The number of ether oxygens (including phenoxy) is 3. The summed E-state index contributed by atoms with van der Waals surface area (Å²) in [6.45, 7) is 10.8. The Labute approximate surface area is 205 Å². The third-order valence-electron chi connectivity index (χ3n) is 7.92. The molecule has 35 heavy (non-hydrogen) atoms. The first-order chi connectivity index (χ1) is 16.1. The van der Waals surface area contributed by atoms with Gasteiger partial charge in [-0.3, -0.25) is 19.2 Å². The molecule has 3 rings (SSSR count). The van der Waals surface area contributed by atoms with Crippen LogP contribution < -0.4 is 0 Å². The van der Waals surface area contributed by atoms with Crippen LogP contribution in [0.4, 0.5) is 0 Å². The van der Waals surface area contributed by atoms with Crippen molar-refractivity contribution in [2.24, 2.45) is 16.7 Å². The van der Waals surface area contributed by atoms with E-state index in [4.69, 9.17) is 14.2 Å². The molecule has 0 saturated heterocycles. The molecule has 0 aromatic carbocycles. The molecule has 2 N–H and O–H groups in total. The van der Waals surface area contributed by atoms with Gasteiger partial charge in [-0.1, -0.05) is 13.8 Å². The van der Waals surface area contributed by atoms with Crippen LogP contribution in [0.1, 0.15) is 67.7 Å². The van der Waals surface area contributed by atoms with Crippen LogP contribution in [0, 0.1) is 16.7 Å². The maximum absolute atomic E-state index is 13.9. The molecule has 0 spiro atoms. The number of carbonyl (C=O) groups excluding carboxylic acids is 4. The van der Waals surface area contributed by atoms with E-state index in [-0.39, 0.29) is 12.8 Å². The normalized spacial score (nSPS) is 38.1. The van der Waals surface area contributed by atoms with Gasteiger partial charge in [0.25, 0.3) is 0 Å². The summed E-state index contributed by atoms with van der Waals surface area (Å²) in [5, 5.41) is 22.5. The average Bonchev–Trinajstić information content (AvgIpc) is 2.70. The highest BCUT2D eigenvalue weighted by atomic mass is 16.6. The lowest BCUT2D eigenvalue weighted by atomic mass is 9.57. The van der Waals surface area contributed by atoms with Gasteiger partial charge < -0.3 is 24.4 Å². The maximum atomic E-state index is 13.9. The highest BCUT2D eigenvalue weighted by Crippen LogP contribution is 2.53. The van der Waals surface area contributed by atoms with E-state index in [0.717, 1.165) is 0 Å². The minimum absolute atomic E-state index is 0.0205. The molecule has 0 heterocycles. The number of aliphatic hydroxyl groups is 2. The van der Waals surface area contributed by atoms with Crippen molar-refractivity contribution in [3.05, 3.63) is 22.8 Å². The Morgan fingerprint density at radius 1 is 0.943 bits per heavy atom. The number of aliphatic hydroxyl groups excluding tert-OH is 2. The molecular formula is C26H36O9. The summed E-state index contributed by atoms with van der Waals surface area (Å²) in [6.07, 6.45) is -3.17. The molecule has 0 aromatic rings. The second-order valence-electron chi connectivity index (χ2n) is 10.8. The van der Waals surface area contributed by atoms with E-state index >= 15 is 0 Å². The Balaban J connectivity index is 2.29. The Kier molecular flexibility index (Phi) is 7.35. The third kappa shape index (κ3) is 4.93. The summed E-state index contributed by atoms with van der Waals surface area (Å²) in [7, 11) is 0. The summed E-state index contributed by atoms with van der Waals surface area (Å²) in [4.78, 5) is 49.7. The molecule has 0 aliphatic heterocycles. The minimum atomic E-state index is -1.58. The van der Waals surface area contributed by atoms with Crippen LogP contribution in [-0.4, -0.2) is 64.4 Å². The molecule has 7 atom stereocenters. The summed E-state index contributed by atoms with van der Waals surface area (Å²) in [5.74, 6) is -2.66. The molecule has 9 nitrogen and oxygen atoms in total. The quantitative estimate of drug-likeness (QED) is 0.345. The van der Waals surface area contributed by atoms with Crippen molar-refractivity contribution in [3.8, 4) is 0 Å². The smallest absolute Gasteiger partial charge is 0.303 e. The largest absolute Gasteiger partial charge is 0.461 e. The lowest BCUT2D eigenvalue weighted by Crippen LogP contribution is -2.56. The van der Waals surface area contributed by atoms with E-state index < -0.39 is 71.0 Å². The predicted molar refractivity (Wildman–Crippen MR) is 124 cm³/mol. The molecule has 3 aliphatic rings. The number of hydrogen-bond donors (Lipinski definition) is 2. The van der Waals surface area contributed by atoms with Crippen LogP contribution in [0.25, 0.3) is 0 Å². The fourth-order valence-corrected chi connectivity index (χ4v) is 6.18. The second kappa shape index (κ2) is 9.50. The number of esters is 3. The monoisotopic (exact) mass is 492 g/mol. The molecule has 0 radical (unpaired) electrons. The van der Waals surface area contributed by atoms with Crippen LogP contribution in [-0.2, 0) is 33.4 Å². The predicted octanol–water partition coefficient (Wildman–Crippen LogP) is 2.18. The van der Waals surface area contributed by atoms with Gasteiger partial charge in [0.1, 0.15) is 24.4 Å². The topological polar surface area (TPSA) is 136 Å². The zero-order chi connectivity index (χ0) is 26.5. The summed E-state index contributed by atoms with van der Waals surface area (Å²) < 4.78 is 16.7. The number of carbonyl (C=O) groups is 4. The number of fused-ring (bicyclic) bond motifs is 4. The SMILES string of the molecule is CC(=O)OC1C[C@H]2C(OC(C)=O)/C=C3\C[C@](C)(C(=O)C(O)C(=C1C)C2(C)C)C(OC(C)=O)CC3O. The standard InChI is InChI=1S/C26H36O9/c1-12-19(33-13(2)27)9-17-20(34-14(3)28)8-16-11-26(7,21(10-18(16)30)35-15(4)29)24(32)23(31)22(12)25(17,5)6/h8,17-21,23,30-31H,9-11H2,1-7H3/b16-8+/t17-,18?,19?,20?,21?,23?,26-/m0/s1. The van der Waals surface area contributed by atoms with Crippen molar-refractivity contribution in [2.75, 3.05) is 0 Å². The lowest BCUT2D eigenvalue weighted by Gasteiger charge is -2.51. The van der Waals surface area contributed by atoms with Gasteiger partial charge in [0.2, 0.25) is 0 Å². The fraction of sp³-hybridized carbons (Fsp3) is 0.692. The number of hydrogen-bond acceptors (Lipinski definition) is 9. The highest BCUT2D eigenvalue weighted by Gasteiger charge is 2.56. The highest BCUT2D eigenvalue weighted by molar-refractivity contribution is 5.93. The minimum Gasteiger partial charge on any atom is -0.461 e. The molecular weight excluding hydrogens is 456 g/mol. The van der Waals surface area contributed by atoms with Gasteiger partial charge in [0.05, 0.1) is 11.5 Å². The van der Waals surface area contributed by atoms with Gasteiger partial charge in [-0.25, -0.2) is 0 Å². The molecule has 1 saturated carbocycles. The molecule has 1 fully saturated rings. The molecule has 4 bridgehead atoms. The van der Waals surface area contributed by atoms with E-state index in [0.29, 0.717) is 23.1 Å². The maximum Gasteiger partial charge on any atom is 0.303 e. The zero-order valence-electron chi connectivity index (χ0n) is 21.4. The lowest BCUT2D eigenvalue weighted by molar-refractivity contribution is -0.166. The van der Waals surface area contributed by atoms with E-state index in [2.05, 4.69) is 0 Å². The Bertz CT molecular complexity index is 991. The van der Waals surface area contributed by atoms with Crippen LogP contribution in [0.3, 0.4) is 0 Å². The van der Waals surface area contributed by atoms with Crippen molar-refractivity contribution >= 4 is 23.7 Å². The van der Waals surface area contributed by atoms with Gasteiger partial charge in [-0.15, -0.1) is 0 Å². The van der Waals surface area contributed by atoms with Gasteiger partial charge in [0.15, 0.2) is 5.78 Å². The van der Waals surface area contributed by atoms with Crippen LogP contribution in [0.2, 0.25) is 0 Å². The van der Waals surface area contributed by atoms with E-state index in [1.54, 1.807) is 19.9 Å². The van der Waals surface area contributed by atoms with E-state index in [1.165, 1.54) is 20.8 Å². The van der Waals surface area contributed by atoms with Crippen molar-refractivity contribution < 1.29 is 43.6 Å². The first-order valence-electron chi connectivity index (χ1n) is 11.9. The molecule has 194 valence electrons. The molecule has 3 aliphatic carbocycles. The van der Waals surface area contributed by atoms with Crippen molar-refractivity contribution in [3.63, 3.8) is 0 Å². The van der Waals surface area contributed by atoms with Gasteiger partial charge >= 0.3 is 17.9 Å². The fourth-order valence-electron chi connectivity index (χ4n) is 6.18. The Hall–Kier alpha value is -2.52. The molecule has 0 amide bonds. The van der Waals surface area contributed by atoms with Gasteiger partial charge in [-0.05, 0) is 54.9 Å². The van der Waals surface area contributed by atoms with Crippen molar-refractivity contribution in [1.82, 2.24) is 0 Å². The summed E-state index contributed by atoms with van der Waals surface area (Å²) in [5.41, 5.74) is -0.763. The molecule has 5 unspecified atom stereocenters. The number of rotatable bonds is 3. The van der Waals surface area contributed by atoms with Crippen LogP contribution in [0.5, 0.6) is 0 Å². The van der Waals surface area contributed by atoms with Gasteiger partial charge in [-0.2, -0.15) is 0 Å². The number of Topliss-reactive ketones (excluding diaryl/α,β-unsaturated/α-hetero) is 1. The van der Waals surface area contributed by atoms with E-state index in [9.17, 15) is 29.4 Å². The molecule has 0 aromatic heterocycles. The van der Waals surface area contributed by atoms with E-state index in [1.807, 2.05) is 13.8 Å². The first-order valence-corrected chi connectivity index (χ1v) is 11.9. The molecule has 9 heteroatoms. The van der Waals surface area contributed by atoms with Crippen LogP contribution in [0.15, 0.2) is 22.8 Å². The summed E-state index contributed by atoms with van der Waals surface area (Å²) in [6, 6.07) is 0. The zero-order valence-corrected chi connectivity index (χ0v) is 21.4. The average molecular weight is 493 g/mol. The number of ketones is 1. The Morgan fingerprint density at radius 2 is 1.51 bits per heavy atom. The first kappa shape index (κ1) is 27.1. The second-order valence-corrected chi connectivity index (χ2v) is 10.8. The van der Waals surface area contributed by atoms with Crippen molar-refractivity contribution in [1.29, 1.82) is 0 Å².